The smallest absolute Gasteiger partial charge is 0.304 e. The van der Waals surface area contributed by atoms with Crippen molar-refractivity contribution in [1.29, 1.82) is 5.53 Å². The summed E-state index contributed by atoms with van der Waals surface area (Å²) in [5, 5.41) is 16.4. The average Bonchev–Trinajstić information content (AvgIpc) is 2.83. The van der Waals surface area contributed by atoms with E-state index in [1.807, 2.05) is 13.0 Å². The predicted molar refractivity (Wildman–Crippen MR) is 136 cm³/mol. The highest BCUT2D eigenvalue weighted by Gasteiger charge is 2.24. The Labute approximate surface area is 210 Å². The minimum absolute atomic E-state index is 0.00867. The van der Waals surface area contributed by atoms with E-state index in [9.17, 15) is 18.3 Å². The number of carbonyl (C=O) groups is 1. The van der Waals surface area contributed by atoms with Gasteiger partial charge in [0.2, 0.25) is 10.0 Å². The fourth-order valence-corrected chi connectivity index (χ4v) is 5.32. The van der Waals surface area contributed by atoms with Crippen LogP contribution in [0.1, 0.15) is 34.6 Å². The van der Waals surface area contributed by atoms with Crippen LogP contribution in [0.3, 0.4) is 0 Å². The van der Waals surface area contributed by atoms with E-state index in [2.05, 4.69) is 10.4 Å². The van der Waals surface area contributed by atoms with Crippen molar-refractivity contribution in [3.05, 3.63) is 87.9 Å². The van der Waals surface area contributed by atoms with E-state index in [-0.39, 0.29) is 17.9 Å². The molecule has 3 aromatic rings. The second-order valence-corrected chi connectivity index (χ2v) is 10.7. The summed E-state index contributed by atoms with van der Waals surface area (Å²) in [6.07, 6.45) is -0.200. The number of nitrogens with one attached hydrogen (secondary N) is 2. The molecule has 184 valence electrons. The molecule has 0 saturated heterocycles. The highest BCUT2D eigenvalue weighted by molar-refractivity contribution is 7.89. The van der Waals surface area contributed by atoms with Gasteiger partial charge in [-0.05, 0) is 59.5 Å². The zero-order valence-electron chi connectivity index (χ0n) is 19.6. The molecule has 0 radical (unpaired) electrons. The van der Waals surface area contributed by atoms with Crippen LogP contribution in [0.25, 0.3) is 0 Å². The summed E-state index contributed by atoms with van der Waals surface area (Å²) in [7, 11) is -0.563. The van der Waals surface area contributed by atoms with Gasteiger partial charge >= 0.3 is 5.97 Å². The summed E-state index contributed by atoms with van der Waals surface area (Å²) in [4.78, 5) is 11.9. The van der Waals surface area contributed by atoms with Gasteiger partial charge in [-0.1, -0.05) is 41.9 Å². The molecule has 0 amide bonds. The van der Waals surface area contributed by atoms with Gasteiger partial charge in [0.05, 0.1) is 17.0 Å². The van der Waals surface area contributed by atoms with Crippen molar-refractivity contribution in [2.45, 2.75) is 30.7 Å². The van der Waals surface area contributed by atoms with Gasteiger partial charge in [0, 0.05) is 31.6 Å². The molecular weight excluding hydrogens is 488 g/mol. The largest absolute Gasteiger partial charge is 0.481 e. The van der Waals surface area contributed by atoms with E-state index < -0.39 is 21.9 Å². The number of nitrogens with zero attached hydrogens (tertiary/aromatic N) is 2. The van der Waals surface area contributed by atoms with Crippen molar-refractivity contribution < 1.29 is 18.3 Å². The van der Waals surface area contributed by atoms with Crippen molar-refractivity contribution >= 4 is 39.0 Å². The molecule has 0 aromatic heterocycles. The third kappa shape index (κ3) is 6.05. The summed E-state index contributed by atoms with van der Waals surface area (Å²) in [6.45, 7) is 1.83. The molecule has 8 nitrogen and oxygen atoms in total. The second kappa shape index (κ2) is 11.0. The maximum Gasteiger partial charge on any atom is 0.304 e. The van der Waals surface area contributed by atoms with Gasteiger partial charge in [-0.2, -0.15) is 9.42 Å². The number of benzene rings is 3. The molecule has 1 atom stereocenters. The molecule has 3 aromatic carbocycles. The number of hydrogen-bond donors (Lipinski definition) is 3. The zero-order valence-corrected chi connectivity index (χ0v) is 21.2. The highest BCUT2D eigenvalue weighted by Crippen LogP contribution is 2.35. The Morgan fingerprint density at radius 1 is 1.14 bits per heavy atom. The Bertz CT molecular complexity index is 1360. The lowest BCUT2D eigenvalue weighted by atomic mass is 9.87. The lowest BCUT2D eigenvalue weighted by molar-refractivity contribution is -0.137. The number of rotatable bonds is 10. The summed E-state index contributed by atoms with van der Waals surface area (Å²) in [5.41, 5.74) is 11.2. The highest BCUT2D eigenvalue weighted by atomic mass is 35.5. The van der Waals surface area contributed by atoms with Crippen LogP contribution >= 0.6 is 11.6 Å². The van der Waals surface area contributed by atoms with Gasteiger partial charge in [0.15, 0.2) is 0 Å². The second-order valence-electron chi connectivity index (χ2n) is 8.22. The third-order valence-electron chi connectivity index (χ3n) is 5.76. The monoisotopic (exact) mass is 514 g/mol. The number of sulfonamides is 1. The normalized spacial score (nSPS) is 12.4. The summed E-state index contributed by atoms with van der Waals surface area (Å²) in [6, 6.07) is 17.0. The molecule has 1 unspecified atom stereocenters. The number of carboxylic acids is 1. The number of anilines is 1. The Hall–Kier alpha value is -3.27. The minimum Gasteiger partial charge on any atom is -0.481 e. The van der Waals surface area contributed by atoms with Crippen molar-refractivity contribution in [2.24, 2.45) is 5.11 Å². The van der Waals surface area contributed by atoms with Crippen molar-refractivity contribution in [3.63, 3.8) is 0 Å². The van der Waals surface area contributed by atoms with Crippen LogP contribution in [0.4, 0.5) is 11.4 Å². The standard InChI is InChI=1S/C25H27ClN4O4S/c1-16-5-4-6-20(11-16)35(33,34)30(3)15-19-12-17(7-9-22(19)26)21(14-25(31)32)18-8-10-23(28-2)24(13-18)29-27/h4-13,21,27-28H,14-15H2,1-3H3,(H,31,32). The van der Waals surface area contributed by atoms with Gasteiger partial charge < -0.3 is 10.4 Å². The number of halogens is 1. The molecule has 0 aliphatic carbocycles. The molecule has 0 spiro atoms. The van der Waals surface area contributed by atoms with Crippen LogP contribution in [-0.4, -0.2) is 37.9 Å². The first-order chi connectivity index (χ1) is 16.6. The molecular formula is C25H27ClN4O4S. The first-order valence-corrected chi connectivity index (χ1v) is 12.6. The summed E-state index contributed by atoms with van der Waals surface area (Å²) >= 11 is 6.42. The minimum atomic E-state index is -3.76. The maximum atomic E-state index is 13.1. The number of aryl methyl sites for hydroxylation is 1. The molecule has 0 saturated carbocycles. The maximum absolute atomic E-state index is 13.1. The van der Waals surface area contributed by atoms with Crippen LogP contribution in [-0.2, 0) is 21.4 Å². The van der Waals surface area contributed by atoms with Crippen molar-refractivity contribution in [1.82, 2.24) is 4.31 Å². The SMILES string of the molecule is CNc1ccc(C(CC(=O)O)c2ccc(Cl)c(CN(C)S(=O)(=O)c3cccc(C)c3)c2)cc1N=N. The van der Waals surface area contributed by atoms with Gasteiger partial charge in [-0.3, -0.25) is 4.79 Å². The van der Waals surface area contributed by atoms with Crippen LogP contribution in [0, 0.1) is 12.5 Å². The third-order valence-corrected chi connectivity index (χ3v) is 7.92. The van der Waals surface area contributed by atoms with Crippen LogP contribution in [0.15, 0.2) is 70.7 Å². The Morgan fingerprint density at radius 3 is 2.46 bits per heavy atom. The number of carboxylic acid groups (broad SMARTS) is 1. The lowest BCUT2D eigenvalue weighted by Crippen LogP contribution is -2.26. The molecule has 35 heavy (non-hydrogen) atoms. The molecule has 0 heterocycles. The van der Waals surface area contributed by atoms with E-state index in [1.165, 1.54) is 11.4 Å². The van der Waals surface area contributed by atoms with E-state index in [0.717, 1.165) is 5.56 Å². The fraction of sp³-hybridized carbons (Fsp3) is 0.240. The Kier molecular flexibility index (Phi) is 8.26. The zero-order chi connectivity index (χ0) is 25.8. The first kappa shape index (κ1) is 26.3. The van der Waals surface area contributed by atoms with E-state index in [0.29, 0.717) is 33.1 Å². The van der Waals surface area contributed by atoms with Crippen LogP contribution < -0.4 is 5.32 Å². The molecule has 3 rings (SSSR count). The first-order valence-electron chi connectivity index (χ1n) is 10.8. The molecule has 10 heteroatoms. The van der Waals surface area contributed by atoms with E-state index in [1.54, 1.807) is 61.6 Å². The number of hydrogen-bond acceptors (Lipinski definition) is 6. The van der Waals surface area contributed by atoms with Gasteiger partial charge in [-0.25, -0.2) is 13.9 Å². The Morgan fingerprint density at radius 2 is 1.83 bits per heavy atom. The fourth-order valence-electron chi connectivity index (χ4n) is 3.89. The lowest BCUT2D eigenvalue weighted by Gasteiger charge is -2.21. The Balaban J connectivity index is 1.99. The van der Waals surface area contributed by atoms with Crippen molar-refractivity contribution in [3.8, 4) is 0 Å². The van der Waals surface area contributed by atoms with Gasteiger partial charge in [-0.15, -0.1) is 0 Å². The van der Waals surface area contributed by atoms with Gasteiger partial charge in [0.25, 0.3) is 0 Å². The predicted octanol–water partition coefficient (Wildman–Crippen LogP) is 5.78. The molecule has 3 N–H and O–H groups in total. The van der Waals surface area contributed by atoms with Crippen LogP contribution in [0.2, 0.25) is 5.02 Å². The molecule has 0 aliphatic heterocycles. The van der Waals surface area contributed by atoms with E-state index >= 15 is 0 Å². The summed E-state index contributed by atoms with van der Waals surface area (Å²) in [5.74, 6) is -1.54. The topological polar surface area (TPSA) is 123 Å². The van der Waals surface area contributed by atoms with Gasteiger partial charge in [0.1, 0.15) is 5.69 Å². The van der Waals surface area contributed by atoms with Crippen molar-refractivity contribution in [2.75, 3.05) is 19.4 Å². The quantitative estimate of drug-likeness (QED) is 0.296. The summed E-state index contributed by atoms with van der Waals surface area (Å²) < 4.78 is 27.4. The average molecular weight is 515 g/mol. The van der Waals surface area contributed by atoms with Crippen LogP contribution in [0.5, 0.6) is 0 Å². The van der Waals surface area contributed by atoms with E-state index in [4.69, 9.17) is 17.1 Å². The molecule has 0 aliphatic rings. The molecule has 0 fully saturated rings. The molecule has 0 bridgehead atoms. The number of aliphatic carboxylic acids is 1.